The van der Waals surface area contributed by atoms with Gasteiger partial charge in [-0.25, -0.2) is 4.98 Å². The van der Waals surface area contributed by atoms with Gasteiger partial charge in [0.15, 0.2) is 11.5 Å². The molecule has 1 N–H and O–H groups in total. The fraction of sp³-hybridized carbons (Fsp3) is 0.522. The molecule has 1 fully saturated rings. The van der Waals surface area contributed by atoms with Gasteiger partial charge in [-0.2, -0.15) is 0 Å². The molecule has 1 atom stereocenters. The molecule has 1 aliphatic rings. The number of aromatic nitrogens is 1. The molecule has 0 bridgehead atoms. The van der Waals surface area contributed by atoms with Crippen molar-refractivity contribution in [3.8, 4) is 17.4 Å². The summed E-state index contributed by atoms with van der Waals surface area (Å²) in [5.74, 6) is 1.70. The predicted molar refractivity (Wildman–Crippen MR) is 111 cm³/mol. The molecular formula is C23H32N2O3. The summed E-state index contributed by atoms with van der Waals surface area (Å²) >= 11 is 0. The number of pyridine rings is 1. The maximum Gasteiger partial charge on any atom is 0.219 e. The molecule has 1 unspecified atom stereocenters. The van der Waals surface area contributed by atoms with Crippen molar-refractivity contribution in [1.82, 2.24) is 9.88 Å². The first-order chi connectivity index (χ1) is 13.3. The van der Waals surface area contributed by atoms with Crippen LogP contribution in [0.5, 0.6) is 17.4 Å². The topological polar surface area (TPSA) is 54.8 Å². The van der Waals surface area contributed by atoms with Crippen molar-refractivity contribution in [2.24, 2.45) is 0 Å². The van der Waals surface area contributed by atoms with Crippen molar-refractivity contribution in [1.29, 1.82) is 0 Å². The van der Waals surface area contributed by atoms with E-state index in [9.17, 15) is 5.11 Å². The van der Waals surface area contributed by atoms with Gasteiger partial charge in [-0.15, -0.1) is 0 Å². The van der Waals surface area contributed by atoms with E-state index in [0.717, 1.165) is 12.8 Å². The molecule has 1 aromatic heterocycles. The molecule has 152 valence electrons. The highest BCUT2D eigenvalue weighted by Crippen LogP contribution is 2.38. The number of aliphatic hydroxyl groups is 1. The van der Waals surface area contributed by atoms with Gasteiger partial charge < -0.3 is 14.6 Å². The second kappa shape index (κ2) is 8.50. The molecule has 28 heavy (non-hydrogen) atoms. The van der Waals surface area contributed by atoms with E-state index < -0.39 is 6.10 Å². The average Bonchev–Trinajstić information content (AvgIpc) is 2.65. The Hall–Kier alpha value is -2.11. The Morgan fingerprint density at radius 1 is 1.00 bits per heavy atom. The summed E-state index contributed by atoms with van der Waals surface area (Å²) in [6, 6.07) is 13.0. The average molecular weight is 385 g/mol. The van der Waals surface area contributed by atoms with Crippen LogP contribution in [0.4, 0.5) is 0 Å². The Balaban J connectivity index is 1.62. The second-order valence-electron chi connectivity index (χ2n) is 8.77. The summed E-state index contributed by atoms with van der Waals surface area (Å²) in [6.45, 7) is 9.85. The summed E-state index contributed by atoms with van der Waals surface area (Å²) in [7, 11) is 0. The Morgan fingerprint density at radius 2 is 1.64 bits per heavy atom. The van der Waals surface area contributed by atoms with Crippen molar-refractivity contribution in [2.75, 3.05) is 13.2 Å². The molecule has 1 aromatic carbocycles. The lowest BCUT2D eigenvalue weighted by Crippen LogP contribution is -2.60. The summed E-state index contributed by atoms with van der Waals surface area (Å²) < 4.78 is 11.7. The summed E-state index contributed by atoms with van der Waals surface area (Å²) in [5, 5.41) is 10.7. The van der Waals surface area contributed by atoms with E-state index in [1.54, 1.807) is 12.3 Å². The van der Waals surface area contributed by atoms with Gasteiger partial charge in [-0.3, -0.25) is 4.90 Å². The number of ether oxygens (including phenoxy) is 2. The molecular weight excluding hydrogens is 352 g/mol. The Morgan fingerprint density at radius 3 is 2.29 bits per heavy atom. The van der Waals surface area contributed by atoms with Crippen LogP contribution in [-0.2, 0) is 0 Å². The normalized spacial score (nSPS) is 19.8. The van der Waals surface area contributed by atoms with Crippen LogP contribution in [0.3, 0.4) is 0 Å². The van der Waals surface area contributed by atoms with Gasteiger partial charge in [0, 0.05) is 29.9 Å². The van der Waals surface area contributed by atoms with Gasteiger partial charge >= 0.3 is 0 Å². The van der Waals surface area contributed by atoms with Gasteiger partial charge in [0.2, 0.25) is 5.88 Å². The Labute approximate surface area is 168 Å². The minimum atomic E-state index is -0.584. The van der Waals surface area contributed by atoms with E-state index in [4.69, 9.17) is 9.47 Å². The molecule has 0 radical (unpaired) electrons. The van der Waals surface area contributed by atoms with Crippen LogP contribution in [0.1, 0.15) is 47.0 Å². The molecule has 5 nitrogen and oxygen atoms in total. The molecule has 1 saturated heterocycles. The number of benzene rings is 1. The predicted octanol–water partition coefficient (Wildman–Crippen LogP) is 4.66. The lowest BCUT2D eigenvalue weighted by molar-refractivity contribution is -0.0607. The smallest absolute Gasteiger partial charge is 0.219 e. The van der Waals surface area contributed by atoms with Crippen LogP contribution >= 0.6 is 0 Å². The van der Waals surface area contributed by atoms with E-state index in [-0.39, 0.29) is 17.7 Å². The minimum Gasteiger partial charge on any atom is -0.487 e. The molecule has 0 saturated carbocycles. The highest BCUT2D eigenvalue weighted by molar-refractivity contribution is 5.41. The minimum absolute atomic E-state index is 0.0721. The van der Waals surface area contributed by atoms with Gasteiger partial charge in [0.25, 0.3) is 0 Å². The zero-order valence-corrected chi connectivity index (χ0v) is 17.4. The lowest BCUT2D eigenvalue weighted by Gasteiger charge is -2.53. The number of hydrogen-bond donors (Lipinski definition) is 1. The van der Waals surface area contributed by atoms with Crippen molar-refractivity contribution >= 4 is 0 Å². The van der Waals surface area contributed by atoms with Crippen LogP contribution in [0.25, 0.3) is 0 Å². The van der Waals surface area contributed by atoms with Gasteiger partial charge in [0.05, 0.1) is 0 Å². The SMILES string of the molecule is CC1(C)CCCC(C)(C)N1CC(O)COc1ccccc1Oc1ccccn1. The summed E-state index contributed by atoms with van der Waals surface area (Å²) in [5.41, 5.74) is 0.144. The third-order valence-electron chi connectivity index (χ3n) is 5.56. The third-order valence-corrected chi connectivity index (χ3v) is 5.56. The standard InChI is InChI=1S/C23H32N2O3/c1-22(2)13-9-14-23(3,4)25(22)16-18(26)17-27-19-10-5-6-11-20(19)28-21-12-7-8-15-24-21/h5-8,10-12,15,18,26H,9,13-14,16-17H2,1-4H3. The fourth-order valence-corrected chi connectivity index (χ4v) is 4.16. The second-order valence-corrected chi connectivity index (χ2v) is 8.77. The first kappa shape index (κ1) is 20.6. The third kappa shape index (κ3) is 5.03. The van der Waals surface area contributed by atoms with Crippen molar-refractivity contribution in [2.45, 2.75) is 64.1 Å². The monoisotopic (exact) mass is 384 g/mol. The van der Waals surface area contributed by atoms with Crippen LogP contribution in [0.15, 0.2) is 48.7 Å². The number of piperidine rings is 1. The van der Waals surface area contributed by atoms with Crippen LogP contribution in [0, 0.1) is 0 Å². The first-order valence-corrected chi connectivity index (χ1v) is 10.0. The van der Waals surface area contributed by atoms with Crippen LogP contribution < -0.4 is 9.47 Å². The van der Waals surface area contributed by atoms with Crippen LogP contribution in [0.2, 0.25) is 0 Å². The first-order valence-electron chi connectivity index (χ1n) is 10.0. The maximum atomic E-state index is 10.7. The zero-order chi connectivity index (χ0) is 20.2. The van der Waals surface area contributed by atoms with E-state index >= 15 is 0 Å². The number of para-hydroxylation sites is 2. The van der Waals surface area contributed by atoms with Crippen molar-refractivity contribution in [3.05, 3.63) is 48.7 Å². The molecule has 0 amide bonds. The molecule has 5 heteroatoms. The number of aliphatic hydroxyl groups excluding tert-OH is 1. The number of rotatable bonds is 7. The van der Waals surface area contributed by atoms with Crippen LogP contribution in [-0.4, -0.2) is 45.3 Å². The van der Waals surface area contributed by atoms with Gasteiger partial charge in [-0.1, -0.05) is 18.2 Å². The Kier molecular flexibility index (Phi) is 6.26. The molecule has 0 spiro atoms. The van der Waals surface area contributed by atoms with E-state index in [0.29, 0.717) is 23.9 Å². The lowest BCUT2D eigenvalue weighted by atomic mass is 9.79. The maximum absolute atomic E-state index is 10.7. The zero-order valence-electron chi connectivity index (χ0n) is 17.4. The number of hydrogen-bond acceptors (Lipinski definition) is 5. The molecule has 0 aliphatic carbocycles. The van der Waals surface area contributed by atoms with E-state index in [1.165, 1.54) is 6.42 Å². The van der Waals surface area contributed by atoms with Gasteiger partial charge in [0.1, 0.15) is 12.7 Å². The summed E-state index contributed by atoms with van der Waals surface area (Å²) in [4.78, 5) is 6.61. The summed E-state index contributed by atoms with van der Waals surface area (Å²) in [6.07, 6.45) is 4.61. The highest BCUT2D eigenvalue weighted by atomic mass is 16.5. The largest absolute Gasteiger partial charge is 0.487 e. The molecule has 2 heterocycles. The molecule has 3 rings (SSSR count). The highest BCUT2D eigenvalue weighted by Gasteiger charge is 2.41. The number of β-amino-alcohol motifs (C(OH)–C–C–N with tert-alkyl or cyclic N) is 1. The number of likely N-dealkylation sites (tertiary alicyclic amines) is 1. The van der Waals surface area contributed by atoms with Gasteiger partial charge in [-0.05, 0) is 65.2 Å². The molecule has 1 aliphatic heterocycles. The van der Waals surface area contributed by atoms with E-state index in [1.807, 2.05) is 36.4 Å². The number of nitrogens with zero attached hydrogens (tertiary/aromatic N) is 2. The molecule has 2 aromatic rings. The van der Waals surface area contributed by atoms with E-state index in [2.05, 4.69) is 37.6 Å². The Bertz CT molecular complexity index is 745. The van der Waals surface area contributed by atoms with Crippen molar-refractivity contribution in [3.63, 3.8) is 0 Å². The fourth-order valence-electron chi connectivity index (χ4n) is 4.16. The quantitative estimate of drug-likeness (QED) is 0.753. The van der Waals surface area contributed by atoms with Crippen molar-refractivity contribution < 1.29 is 14.6 Å².